The summed E-state index contributed by atoms with van der Waals surface area (Å²) < 4.78 is 0. The van der Waals surface area contributed by atoms with Crippen LogP contribution in [0.25, 0.3) is 0 Å². The summed E-state index contributed by atoms with van der Waals surface area (Å²) in [4.78, 5) is 8.97. The summed E-state index contributed by atoms with van der Waals surface area (Å²) in [5, 5.41) is 6.84. The fraction of sp³-hybridized carbons (Fsp3) is 0.556. The highest BCUT2D eigenvalue weighted by atomic mass is 16.6. The predicted octanol–water partition coefficient (Wildman–Crippen LogP) is 0.404. The molecular weight excluding hydrogens is 166 g/mol. The average molecular weight is 179 g/mol. The van der Waals surface area contributed by atoms with E-state index in [9.17, 15) is 0 Å². The molecule has 0 unspecified atom stereocenters. The average Bonchev–Trinajstić information content (AvgIpc) is 2.19. The SMILES string of the molecule is CCC#CCO/N=C1\CN=CNC1. The monoisotopic (exact) mass is 179 g/mol. The Morgan fingerprint density at radius 3 is 3.31 bits per heavy atom. The van der Waals surface area contributed by atoms with E-state index < -0.39 is 0 Å². The molecule has 1 N–H and O–H groups in total. The fourth-order valence-corrected chi connectivity index (χ4v) is 0.828. The van der Waals surface area contributed by atoms with Crippen LogP contribution < -0.4 is 5.32 Å². The van der Waals surface area contributed by atoms with Gasteiger partial charge in [0, 0.05) is 6.42 Å². The molecule has 0 spiro atoms. The first-order chi connectivity index (χ1) is 6.43. The Balaban J connectivity index is 2.19. The van der Waals surface area contributed by atoms with Gasteiger partial charge in [0.2, 0.25) is 0 Å². The van der Waals surface area contributed by atoms with Crippen molar-refractivity contribution in [3.63, 3.8) is 0 Å². The molecule has 1 rings (SSSR count). The summed E-state index contributed by atoms with van der Waals surface area (Å²) >= 11 is 0. The lowest BCUT2D eigenvalue weighted by molar-refractivity contribution is 0.178. The summed E-state index contributed by atoms with van der Waals surface area (Å²) in [6.45, 7) is 3.69. The maximum Gasteiger partial charge on any atom is 0.177 e. The highest BCUT2D eigenvalue weighted by molar-refractivity contribution is 5.92. The van der Waals surface area contributed by atoms with Crippen LogP contribution in [0.4, 0.5) is 0 Å². The van der Waals surface area contributed by atoms with Gasteiger partial charge >= 0.3 is 0 Å². The second-order valence-electron chi connectivity index (χ2n) is 2.49. The highest BCUT2D eigenvalue weighted by Gasteiger charge is 2.00. The molecule has 0 atom stereocenters. The molecule has 0 radical (unpaired) electrons. The third kappa shape index (κ3) is 4.16. The van der Waals surface area contributed by atoms with E-state index in [1.54, 1.807) is 6.34 Å². The zero-order chi connectivity index (χ0) is 9.36. The molecule has 4 heteroatoms. The van der Waals surface area contributed by atoms with Crippen LogP contribution in [0.2, 0.25) is 0 Å². The Morgan fingerprint density at radius 2 is 2.62 bits per heavy atom. The Morgan fingerprint density at radius 1 is 1.69 bits per heavy atom. The molecule has 0 saturated heterocycles. The number of nitrogens with one attached hydrogen (secondary N) is 1. The first-order valence-electron chi connectivity index (χ1n) is 4.28. The smallest absolute Gasteiger partial charge is 0.177 e. The van der Waals surface area contributed by atoms with Crippen molar-refractivity contribution in [1.82, 2.24) is 5.32 Å². The molecule has 0 aromatic heterocycles. The highest BCUT2D eigenvalue weighted by Crippen LogP contribution is 1.86. The minimum absolute atomic E-state index is 0.362. The molecule has 0 aromatic carbocycles. The van der Waals surface area contributed by atoms with Crippen LogP contribution in [0, 0.1) is 11.8 Å². The maximum atomic E-state index is 4.98. The standard InChI is InChI=1S/C9H13N3O/c1-2-3-4-5-13-12-9-6-10-8-11-7-9/h8H,2,5-7H2,1H3,(H,10,11). The van der Waals surface area contributed by atoms with Crippen molar-refractivity contribution in [3.05, 3.63) is 0 Å². The molecule has 0 amide bonds. The van der Waals surface area contributed by atoms with E-state index in [1.165, 1.54) is 0 Å². The summed E-state index contributed by atoms with van der Waals surface area (Å²) in [6.07, 6.45) is 2.53. The molecule has 1 heterocycles. The Hall–Kier alpha value is -1.50. The van der Waals surface area contributed by atoms with Gasteiger partial charge in [-0.3, -0.25) is 4.99 Å². The van der Waals surface area contributed by atoms with Crippen molar-refractivity contribution in [1.29, 1.82) is 0 Å². The second-order valence-corrected chi connectivity index (χ2v) is 2.49. The first kappa shape index (κ1) is 9.59. The Labute approximate surface area is 78.1 Å². The van der Waals surface area contributed by atoms with Gasteiger partial charge in [-0.1, -0.05) is 23.9 Å². The van der Waals surface area contributed by atoms with Crippen molar-refractivity contribution in [3.8, 4) is 11.8 Å². The first-order valence-corrected chi connectivity index (χ1v) is 4.28. The minimum atomic E-state index is 0.362. The zero-order valence-corrected chi connectivity index (χ0v) is 7.71. The summed E-state index contributed by atoms with van der Waals surface area (Å²) in [5.74, 6) is 5.73. The van der Waals surface area contributed by atoms with Gasteiger partial charge in [-0.05, 0) is 0 Å². The van der Waals surface area contributed by atoms with Gasteiger partial charge in [0.15, 0.2) is 6.61 Å². The van der Waals surface area contributed by atoms with Crippen molar-refractivity contribution < 1.29 is 4.84 Å². The third-order valence-corrected chi connectivity index (χ3v) is 1.39. The molecule has 4 nitrogen and oxygen atoms in total. The minimum Gasteiger partial charge on any atom is -0.383 e. The third-order valence-electron chi connectivity index (χ3n) is 1.39. The predicted molar refractivity (Wildman–Crippen MR) is 52.8 cm³/mol. The van der Waals surface area contributed by atoms with Gasteiger partial charge < -0.3 is 10.2 Å². The number of nitrogens with zero attached hydrogens (tertiary/aromatic N) is 2. The lowest BCUT2D eigenvalue weighted by Gasteiger charge is -2.07. The molecule has 0 aromatic rings. The second kappa shape index (κ2) is 6.06. The van der Waals surface area contributed by atoms with E-state index in [2.05, 4.69) is 27.3 Å². The van der Waals surface area contributed by atoms with Crippen LogP contribution >= 0.6 is 0 Å². The number of oxime groups is 1. The molecule has 13 heavy (non-hydrogen) atoms. The number of rotatable bonds is 2. The van der Waals surface area contributed by atoms with Gasteiger partial charge in [-0.2, -0.15) is 0 Å². The molecular formula is C9H13N3O. The van der Waals surface area contributed by atoms with Crippen LogP contribution in [-0.2, 0) is 4.84 Å². The van der Waals surface area contributed by atoms with E-state index in [-0.39, 0.29) is 0 Å². The summed E-state index contributed by atoms with van der Waals surface area (Å²) in [6, 6.07) is 0. The largest absolute Gasteiger partial charge is 0.383 e. The quantitative estimate of drug-likeness (QED) is 0.379. The van der Waals surface area contributed by atoms with Crippen LogP contribution in [0.5, 0.6) is 0 Å². The topological polar surface area (TPSA) is 46.0 Å². The van der Waals surface area contributed by atoms with Gasteiger partial charge in [-0.25, -0.2) is 0 Å². The van der Waals surface area contributed by atoms with Crippen molar-refractivity contribution in [2.24, 2.45) is 10.1 Å². The van der Waals surface area contributed by atoms with Gasteiger partial charge in [0.1, 0.15) is 0 Å². The molecule has 0 aliphatic carbocycles. The van der Waals surface area contributed by atoms with Crippen LogP contribution in [0.1, 0.15) is 13.3 Å². The number of aliphatic imine (C=N–C) groups is 1. The van der Waals surface area contributed by atoms with Gasteiger partial charge in [-0.15, -0.1) is 0 Å². The van der Waals surface area contributed by atoms with Crippen molar-refractivity contribution in [2.45, 2.75) is 13.3 Å². The van der Waals surface area contributed by atoms with Crippen LogP contribution in [0.3, 0.4) is 0 Å². The van der Waals surface area contributed by atoms with E-state index in [1.807, 2.05) is 6.92 Å². The van der Waals surface area contributed by atoms with E-state index in [4.69, 9.17) is 4.84 Å². The van der Waals surface area contributed by atoms with Crippen molar-refractivity contribution >= 4 is 12.1 Å². The number of hydrogen-bond acceptors (Lipinski definition) is 4. The molecule has 0 bridgehead atoms. The lowest BCUT2D eigenvalue weighted by Crippen LogP contribution is -2.28. The fourth-order valence-electron chi connectivity index (χ4n) is 0.828. The number of hydrogen-bond donors (Lipinski definition) is 1. The van der Waals surface area contributed by atoms with Gasteiger partial charge in [0.25, 0.3) is 0 Å². The normalized spacial score (nSPS) is 17.5. The summed E-state index contributed by atoms with van der Waals surface area (Å²) in [7, 11) is 0. The zero-order valence-electron chi connectivity index (χ0n) is 7.71. The summed E-state index contributed by atoms with van der Waals surface area (Å²) in [5.41, 5.74) is 0.904. The van der Waals surface area contributed by atoms with E-state index in [0.717, 1.165) is 12.1 Å². The van der Waals surface area contributed by atoms with Crippen LogP contribution in [-0.4, -0.2) is 31.7 Å². The van der Waals surface area contributed by atoms with E-state index >= 15 is 0 Å². The molecule has 1 aliphatic rings. The Kier molecular flexibility index (Phi) is 4.47. The van der Waals surface area contributed by atoms with Crippen molar-refractivity contribution in [2.75, 3.05) is 19.7 Å². The molecule has 1 aliphatic heterocycles. The molecule has 0 saturated carbocycles. The Bertz CT molecular complexity index is 260. The lowest BCUT2D eigenvalue weighted by atomic mass is 10.3. The maximum absolute atomic E-state index is 4.98. The van der Waals surface area contributed by atoms with Gasteiger partial charge in [0.05, 0.1) is 25.1 Å². The molecule has 70 valence electrons. The molecule has 0 fully saturated rings. The van der Waals surface area contributed by atoms with Crippen LogP contribution in [0.15, 0.2) is 10.1 Å². The van der Waals surface area contributed by atoms with E-state index in [0.29, 0.717) is 19.7 Å².